The summed E-state index contributed by atoms with van der Waals surface area (Å²) in [5, 5.41) is 8.18. The molecular formula is C17H31N3O. The first-order valence-corrected chi connectivity index (χ1v) is 8.59. The van der Waals surface area contributed by atoms with Crippen LogP contribution >= 0.6 is 0 Å². The van der Waals surface area contributed by atoms with Crippen LogP contribution in [-0.2, 0) is 24.6 Å². The Morgan fingerprint density at radius 1 is 1.43 bits per heavy atom. The van der Waals surface area contributed by atoms with Gasteiger partial charge in [-0.2, -0.15) is 5.10 Å². The average Bonchev–Trinajstić information content (AvgIpc) is 2.86. The minimum absolute atomic E-state index is 0.484. The highest BCUT2D eigenvalue weighted by molar-refractivity contribution is 5.11. The lowest BCUT2D eigenvalue weighted by atomic mass is 9.99. The predicted molar refractivity (Wildman–Crippen MR) is 86.6 cm³/mol. The second kappa shape index (κ2) is 8.54. The van der Waals surface area contributed by atoms with Gasteiger partial charge in [0.1, 0.15) is 0 Å². The monoisotopic (exact) mass is 293 g/mol. The number of rotatable bonds is 8. The summed E-state index contributed by atoms with van der Waals surface area (Å²) in [5.74, 6) is 0. The van der Waals surface area contributed by atoms with Gasteiger partial charge in [-0.05, 0) is 51.1 Å². The SMILES string of the molecule is CCNC(CCC1CCCCO1)Cc1cc(CC)nn1C. The van der Waals surface area contributed by atoms with Crippen LogP contribution in [0, 0.1) is 0 Å². The Bertz CT molecular complexity index is 410. The number of hydrogen-bond donors (Lipinski definition) is 1. The summed E-state index contributed by atoms with van der Waals surface area (Å²) in [7, 11) is 2.06. The molecule has 1 aliphatic rings. The van der Waals surface area contributed by atoms with Gasteiger partial charge in [-0.25, -0.2) is 0 Å². The molecular weight excluding hydrogens is 262 g/mol. The zero-order valence-electron chi connectivity index (χ0n) is 13.9. The second-order valence-corrected chi connectivity index (χ2v) is 6.13. The minimum Gasteiger partial charge on any atom is -0.378 e. The topological polar surface area (TPSA) is 39.1 Å². The lowest BCUT2D eigenvalue weighted by Crippen LogP contribution is -2.33. The van der Waals surface area contributed by atoms with Crippen LogP contribution in [0.2, 0.25) is 0 Å². The molecule has 1 fully saturated rings. The molecule has 2 atom stereocenters. The highest BCUT2D eigenvalue weighted by Crippen LogP contribution is 2.19. The van der Waals surface area contributed by atoms with Gasteiger partial charge in [0.05, 0.1) is 11.8 Å². The van der Waals surface area contributed by atoms with Crippen LogP contribution < -0.4 is 5.32 Å². The van der Waals surface area contributed by atoms with Gasteiger partial charge in [0.25, 0.3) is 0 Å². The standard InChI is InChI=1S/C17H31N3O/c1-4-14-12-16(20(3)19-14)13-15(18-5-2)9-10-17-8-6-7-11-21-17/h12,15,17-18H,4-11,13H2,1-3H3. The number of aryl methyl sites for hydroxylation is 2. The third-order valence-corrected chi connectivity index (χ3v) is 4.45. The van der Waals surface area contributed by atoms with Crippen molar-refractivity contribution >= 4 is 0 Å². The molecule has 0 saturated carbocycles. The summed E-state index contributed by atoms with van der Waals surface area (Å²) in [5.41, 5.74) is 2.53. The molecule has 4 nitrogen and oxygen atoms in total. The van der Waals surface area contributed by atoms with Crippen molar-refractivity contribution in [2.45, 2.75) is 70.9 Å². The number of hydrogen-bond acceptors (Lipinski definition) is 3. The fourth-order valence-electron chi connectivity index (χ4n) is 3.17. The number of likely N-dealkylation sites (N-methyl/N-ethyl adjacent to an activating group) is 1. The summed E-state index contributed by atoms with van der Waals surface area (Å²) < 4.78 is 7.90. The van der Waals surface area contributed by atoms with Gasteiger partial charge in [-0.15, -0.1) is 0 Å². The first-order chi connectivity index (χ1) is 10.2. The fraction of sp³-hybridized carbons (Fsp3) is 0.824. The Labute approximate surface area is 129 Å². The van der Waals surface area contributed by atoms with Crippen LogP contribution in [0.1, 0.15) is 57.3 Å². The highest BCUT2D eigenvalue weighted by Gasteiger charge is 2.18. The maximum atomic E-state index is 5.86. The average molecular weight is 293 g/mol. The van der Waals surface area contributed by atoms with Gasteiger partial charge >= 0.3 is 0 Å². The van der Waals surface area contributed by atoms with Crippen LogP contribution in [0.25, 0.3) is 0 Å². The molecule has 1 saturated heterocycles. The quantitative estimate of drug-likeness (QED) is 0.801. The first-order valence-electron chi connectivity index (χ1n) is 8.59. The maximum Gasteiger partial charge on any atom is 0.0624 e. The molecule has 0 bridgehead atoms. The van der Waals surface area contributed by atoms with E-state index in [9.17, 15) is 0 Å². The molecule has 21 heavy (non-hydrogen) atoms. The summed E-state index contributed by atoms with van der Waals surface area (Å²) >= 11 is 0. The number of aromatic nitrogens is 2. The van der Waals surface area contributed by atoms with Gasteiger partial charge in [0.2, 0.25) is 0 Å². The summed E-state index contributed by atoms with van der Waals surface area (Å²) in [6.07, 6.45) is 8.73. The molecule has 1 N–H and O–H groups in total. The Balaban J connectivity index is 1.86. The molecule has 1 aromatic rings. The lowest BCUT2D eigenvalue weighted by molar-refractivity contribution is 0.00858. The van der Waals surface area contributed by atoms with E-state index in [0.717, 1.165) is 26.0 Å². The number of nitrogens with zero attached hydrogens (tertiary/aromatic N) is 2. The highest BCUT2D eigenvalue weighted by atomic mass is 16.5. The van der Waals surface area contributed by atoms with Crippen LogP contribution in [0.4, 0.5) is 0 Å². The van der Waals surface area contributed by atoms with Gasteiger partial charge in [0, 0.05) is 31.8 Å². The van der Waals surface area contributed by atoms with E-state index in [-0.39, 0.29) is 0 Å². The summed E-state index contributed by atoms with van der Waals surface area (Å²) in [6, 6.07) is 2.78. The number of nitrogens with one attached hydrogen (secondary N) is 1. The largest absolute Gasteiger partial charge is 0.378 e. The third kappa shape index (κ3) is 5.11. The molecule has 2 unspecified atom stereocenters. The van der Waals surface area contributed by atoms with E-state index >= 15 is 0 Å². The van der Waals surface area contributed by atoms with Crippen molar-refractivity contribution in [1.82, 2.24) is 15.1 Å². The molecule has 2 heterocycles. The molecule has 0 aromatic carbocycles. The van der Waals surface area contributed by atoms with Crippen molar-refractivity contribution in [1.29, 1.82) is 0 Å². The Kier molecular flexibility index (Phi) is 6.71. The van der Waals surface area contributed by atoms with Gasteiger partial charge in [0.15, 0.2) is 0 Å². The van der Waals surface area contributed by atoms with Gasteiger partial charge in [-0.3, -0.25) is 4.68 Å². The van der Waals surface area contributed by atoms with E-state index in [4.69, 9.17) is 4.74 Å². The molecule has 120 valence electrons. The van der Waals surface area contributed by atoms with Crippen molar-refractivity contribution in [3.63, 3.8) is 0 Å². The zero-order chi connectivity index (χ0) is 15.1. The van der Waals surface area contributed by atoms with Gasteiger partial charge in [-0.1, -0.05) is 13.8 Å². The van der Waals surface area contributed by atoms with E-state index < -0.39 is 0 Å². The molecule has 4 heteroatoms. The molecule has 0 spiro atoms. The Morgan fingerprint density at radius 3 is 2.90 bits per heavy atom. The normalized spacial score (nSPS) is 20.6. The summed E-state index contributed by atoms with van der Waals surface area (Å²) in [4.78, 5) is 0. The van der Waals surface area contributed by atoms with Crippen molar-refractivity contribution in [3.05, 3.63) is 17.5 Å². The van der Waals surface area contributed by atoms with E-state index in [1.54, 1.807) is 0 Å². The van der Waals surface area contributed by atoms with Gasteiger partial charge < -0.3 is 10.1 Å². The Hall–Kier alpha value is -0.870. The van der Waals surface area contributed by atoms with E-state index in [1.165, 1.54) is 43.5 Å². The van der Waals surface area contributed by atoms with Crippen molar-refractivity contribution in [2.75, 3.05) is 13.2 Å². The molecule has 1 aromatic heterocycles. The van der Waals surface area contributed by atoms with E-state index in [2.05, 4.69) is 37.4 Å². The number of ether oxygens (including phenoxy) is 1. The van der Waals surface area contributed by atoms with Crippen LogP contribution in [0.3, 0.4) is 0 Å². The van der Waals surface area contributed by atoms with Crippen molar-refractivity contribution in [3.8, 4) is 0 Å². The zero-order valence-corrected chi connectivity index (χ0v) is 13.9. The lowest BCUT2D eigenvalue weighted by Gasteiger charge is -2.25. The Morgan fingerprint density at radius 2 is 2.29 bits per heavy atom. The molecule has 0 amide bonds. The van der Waals surface area contributed by atoms with Crippen LogP contribution in [0.5, 0.6) is 0 Å². The third-order valence-electron chi connectivity index (χ3n) is 4.45. The minimum atomic E-state index is 0.484. The maximum absolute atomic E-state index is 5.86. The van der Waals surface area contributed by atoms with Crippen molar-refractivity contribution in [2.24, 2.45) is 7.05 Å². The molecule has 2 rings (SSSR count). The molecule has 1 aliphatic heterocycles. The molecule has 0 aliphatic carbocycles. The van der Waals surface area contributed by atoms with Crippen molar-refractivity contribution < 1.29 is 4.74 Å². The second-order valence-electron chi connectivity index (χ2n) is 6.13. The van der Waals surface area contributed by atoms with Crippen LogP contribution in [-0.4, -0.2) is 35.1 Å². The smallest absolute Gasteiger partial charge is 0.0624 e. The predicted octanol–water partition coefficient (Wildman–Crippen LogP) is 2.85. The molecule has 0 radical (unpaired) electrons. The van der Waals surface area contributed by atoms with E-state index in [1.807, 2.05) is 4.68 Å². The fourth-order valence-corrected chi connectivity index (χ4v) is 3.17. The van der Waals surface area contributed by atoms with Crippen LogP contribution in [0.15, 0.2) is 6.07 Å². The summed E-state index contributed by atoms with van der Waals surface area (Å²) in [6.45, 7) is 6.33. The first kappa shape index (κ1) is 16.5. The van der Waals surface area contributed by atoms with E-state index in [0.29, 0.717) is 12.1 Å².